The Morgan fingerprint density at radius 1 is 1.33 bits per heavy atom. The van der Waals surface area contributed by atoms with E-state index in [1.54, 1.807) is 13.0 Å². The first-order valence-corrected chi connectivity index (χ1v) is 7.01. The van der Waals surface area contributed by atoms with Crippen LogP contribution in [0, 0.1) is 12.3 Å². The van der Waals surface area contributed by atoms with E-state index in [2.05, 4.69) is 15.5 Å². The molecule has 6 nitrogen and oxygen atoms in total. The fourth-order valence-electron chi connectivity index (χ4n) is 1.96. The summed E-state index contributed by atoms with van der Waals surface area (Å²) in [6, 6.07) is 1.22. The maximum atomic E-state index is 12.4. The number of carboxylic acids is 1. The molecule has 1 atom stereocenters. The van der Waals surface area contributed by atoms with Crippen LogP contribution in [0.2, 0.25) is 0 Å². The Hall–Kier alpha value is -1.98. The van der Waals surface area contributed by atoms with Gasteiger partial charge in [-0.3, -0.25) is 9.59 Å². The van der Waals surface area contributed by atoms with Gasteiger partial charge in [0.2, 0.25) is 0 Å². The number of aliphatic carboxylic acids is 1. The summed E-state index contributed by atoms with van der Waals surface area (Å²) < 4.78 is 0. The molecule has 1 aromatic heterocycles. The number of aromatic nitrogens is 2. The smallest absolute Gasteiger partial charge is 0.305 e. The minimum absolute atomic E-state index is 0.117. The molecule has 0 aliphatic heterocycles. The van der Waals surface area contributed by atoms with Gasteiger partial charge in [-0.05, 0) is 24.8 Å². The van der Waals surface area contributed by atoms with Crippen molar-refractivity contribution in [3.63, 3.8) is 0 Å². The van der Waals surface area contributed by atoms with Crippen LogP contribution in [0.15, 0.2) is 6.07 Å². The van der Waals surface area contributed by atoms with E-state index in [0.29, 0.717) is 23.4 Å². The largest absolute Gasteiger partial charge is 0.481 e. The van der Waals surface area contributed by atoms with Gasteiger partial charge in [-0.2, -0.15) is 10.2 Å². The maximum absolute atomic E-state index is 12.4. The highest BCUT2D eigenvalue weighted by atomic mass is 16.4. The van der Waals surface area contributed by atoms with Gasteiger partial charge in [0, 0.05) is 6.04 Å². The van der Waals surface area contributed by atoms with Crippen LogP contribution < -0.4 is 5.32 Å². The van der Waals surface area contributed by atoms with E-state index >= 15 is 0 Å². The van der Waals surface area contributed by atoms with Gasteiger partial charge in [0.1, 0.15) is 0 Å². The van der Waals surface area contributed by atoms with Gasteiger partial charge in [-0.1, -0.05) is 27.7 Å². The normalized spacial score (nSPS) is 12.8. The lowest BCUT2D eigenvalue weighted by Gasteiger charge is -2.30. The van der Waals surface area contributed by atoms with E-state index in [-0.39, 0.29) is 17.7 Å². The van der Waals surface area contributed by atoms with E-state index in [0.717, 1.165) is 0 Å². The van der Waals surface area contributed by atoms with Crippen molar-refractivity contribution >= 4 is 11.9 Å². The van der Waals surface area contributed by atoms with Crippen LogP contribution in [-0.4, -0.2) is 33.2 Å². The lowest BCUT2D eigenvalue weighted by atomic mass is 9.84. The summed E-state index contributed by atoms with van der Waals surface area (Å²) in [6.45, 7) is 9.36. The summed E-state index contributed by atoms with van der Waals surface area (Å²) in [6.07, 6.45) is 0.476. The Bertz CT molecular complexity index is 535. The molecule has 21 heavy (non-hydrogen) atoms. The van der Waals surface area contributed by atoms with Crippen molar-refractivity contribution in [2.24, 2.45) is 5.41 Å². The minimum Gasteiger partial charge on any atom is -0.481 e. The molecule has 0 aromatic carbocycles. The molecule has 0 aliphatic carbocycles. The second kappa shape index (κ2) is 6.65. The van der Waals surface area contributed by atoms with Crippen LogP contribution in [0.1, 0.15) is 55.9 Å². The Kier molecular flexibility index (Phi) is 5.41. The van der Waals surface area contributed by atoms with E-state index < -0.39 is 12.0 Å². The fourth-order valence-corrected chi connectivity index (χ4v) is 1.96. The molecular weight excluding hydrogens is 270 g/mol. The number of nitrogens with zero attached hydrogens (tertiary/aromatic N) is 2. The number of hydrogen-bond donors (Lipinski definition) is 2. The Morgan fingerprint density at radius 3 is 2.43 bits per heavy atom. The summed E-state index contributed by atoms with van der Waals surface area (Å²) in [4.78, 5) is 23.4. The lowest BCUT2D eigenvalue weighted by molar-refractivity contribution is -0.138. The molecular formula is C15H23N3O3. The van der Waals surface area contributed by atoms with Crippen molar-refractivity contribution in [2.45, 2.75) is 53.5 Å². The first-order valence-electron chi connectivity index (χ1n) is 7.01. The highest BCUT2D eigenvalue weighted by Crippen LogP contribution is 2.22. The van der Waals surface area contributed by atoms with Crippen molar-refractivity contribution < 1.29 is 14.7 Å². The van der Waals surface area contributed by atoms with Crippen LogP contribution in [0.4, 0.5) is 0 Å². The van der Waals surface area contributed by atoms with Gasteiger partial charge in [-0.15, -0.1) is 0 Å². The molecule has 116 valence electrons. The number of carbonyl (C=O) groups is 2. The summed E-state index contributed by atoms with van der Waals surface area (Å²) in [5.41, 5.74) is 1.38. The maximum Gasteiger partial charge on any atom is 0.305 e. The molecule has 1 rings (SSSR count). The third kappa shape index (κ3) is 4.81. The van der Waals surface area contributed by atoms with Gasteiger partial charge >= 0.3 is 5.97 Å². The molecule has 0 radical (unpaired) electrons. The van der Waals surface area contributed by atoms with Crippen molar-refractivity contribution in [3.05, 3.63) is 23.0 Å². The van der Waals surface area contributed by atoms with E-state index in [4.69, 9.17) is 5.11 Å². The topological polar surface area (TPSA) is 92.2 Å². The lowest BCUT2D eigenvalue weighted by Crippen LogP contribution is -2.45. The first kappa shape index (κ1) is 17.1. The summed E-state index contributed by atoms with van der Waals surface area (Å²) >= 11 is 0. The molecule has 1 amide bonds. The Morgan fingerprint density at radius 2 is 1.95 bits per heavy atom. The van der Waals surface area contributed by atoms with Gasteiger partial charge in [0.25, 0.3) is 5.91 Å². The number of carbonyl (C=O) groups excluding carboxylic acids is 1. The number of carboxylic acid groups (broad SMARTS) is 1. The number of nitrogens with one attached hydrogen (secondary N) is 1. The standard InChI is InChI=1S/C15H23N3O3/c1-6-11-10(7-9(2)17-18-11)14(21)16-12(8-13(19)20)15(3,4)5/h7,12H,6,8H2,1-5H3,(H,16,21)(H,19,20). The van der Waals surface area contributed by atoms with Crippen LogP contribution in [0.25, 0.3) is 0 Å². The monoisotopic (exact) mass is 293 g/mol. The van der Waals surface area contributed by atoms with Crippen LogP contribution in [0.5, 0.6) is 0 Å². The molecule has 0 bridgehead atoms. The Labute approximate surface area is 125 Å². The molecule has 1 unspecified atom stereocenters. The minimum atomic E-state index is -0.935. The zero-order chi connectivity index (χ0) is 16.2. The summed E-state index contributed by atoms with van der Waals surface area (Å²) in [7, 11) is 0. The van der Waals surface area contributed by atoms with E-state index in [1.165, 1.54) is 0 Å². The summed E-state index contributed by atoms with van der Waals surface area (Å²) in [5.74, 6) is -1.24. The number of rotatable bonds is 5. The van der Waals surface area contributed by atoms with E-state index in [1.807, 2.05) is 27.7 Å². The molecule has 0 saturated heterocycles. The van der Waals surface area contributed by atoms with Crippen LogP contribution >= 0.6 is 0 Å². The van der Waals surface area contributed by atoms with Crippen LogP contribution in [-0.2, 0) is 11.2 Å². The number of hydrogen-bond acceptors (Lipinski definition) is 4. The molecule has 0 spiro atoms. The third-order valence-corrected chi connectivity index (χ3v) is 3.30. The predicted octanol–water partition coefficient (Wildman–Crippen LogP) is 1.97. The highest BCUT2D eigenvalue weighted by Gasteiger charge is 2.29. The molecule has 1 heterocycles. The second-order valence-corrected chi connectivity index (χ2v) is 6.19. The van der Waals surface area contributed by atoms with Crippen molar-refractivity contribution in [2.75, 3.05) is 0 Å². The molecule has 1 aromatic rings. The highest BCUT2D eigenvalue weighted by molar-refractivity contribution is 5.95. The molecule has 2 N–H and O–H groups in total. The Balaban J connectivity index is 3.02. The van der Waals surface area contributed by atoms with Gasteiger partial charge in [0.05, 0.1) is 23.4 Å². The molecule has 0 fully saturated rings. The predicted molar refractivity (Wildman–Crippen MR) is 79.1 cm³/mol. The zero-order valence-electron chi connectivity index (χ0n) is 13.2. The molecule has 0 saturated carbocycles. The average Bonchev–Trinajstić information content (AvgIpc) is 2.36. The number of aryl methyl sites for hydroxylation is 2. The van der Waals surface area contributed by atoms with Crippen molar-refractivity contribution in [1.29, 1.82) is 0 Å². The van der Waals surface area contributed by atoms with E-state index in [9.17, 15) is 9.59 Å². The van der Waals surface area contributed by atoms with Crippen molar-refractivity contribution in [3.8, 4) is 0 Å². The second-order valence-electron chi connectivity index (χ2n) is 6.19. The van der Waals surface area contributed by atoms with Gasteiger partial charge < -0.3 is 10.4 Å². The SMILES string of the molecule is CCc1nnc(C)cc1C(=O)NC(CC(=O)O)C(C)(C)C. The van der Waals surface area contributed by atoms with Crippen LogP contribution in [0.3, 0.4) is 0 Å². The summed E-state index contributed by atoms with van der Waals surface area (Å²) in [5, 5.41) is 19.8. The molecule has 6 heteroatoms. The third-order valence-electron chi connectivity index (χ3n) is 3.30. The van der Waals surface area contributed by atoms with Gasteiger partial charge in [0.15, 0.2) is 0 Å². The molecule has 0 aliphatic rings. The van der Waals surface area contributed by atoms with Gasteiger partial charge in [-0.25, -0.2) is 0 Å². The average molecular weight is 293 g/mol. The zero-order valence-corrected chi connectivity index (χ0v) is 13.2. The first-order chi connectivity index (χ1) is 9.65. The fraction of sp³-hybridized carbons (Fsp3) is 0.600. The van der Waals surface area contributed by atoms with Crippen molar-refractivity contribution in [1.82, 2.24) is 15.5 Å². The quantitative estimate of drug-likeness (QED) is 0.866. The number of amides is 1.